The summed E-state index contributed by atoms with van der Waals surface area (Å²) in [6, 6.07) is 16.5. The zero-order chi connectivity index (χ0) is 17.4. The highest BCUT2D eigenvalue weighted by atomic mass is 32.2. The van der Waals surface area contributed by atoms with Crippen LogP contribution in [0.5, 0.6) is 0 Å². The highest BCUT2D eigenvalue weighted by molar-refractivity contribution is 7.89. The molecular weight excluding hydrogens is 336 g/mol. The van der Waals surface area contributed by atoms with Gasteiger partial charge in [0.15, 0.2) is 0 Å². The number of carbonyl (C=O) groups is 1. The van der Waals surface area contributed by atoms with Gasteiger partial charge in [-0.15, -0.1) is 0 Å². The zero-order valence-electron chi connectivity index (χ0n) is 13.8. The van der Waals surface area contributed by atoms with E-state index >= 15 is 0 Å². The second kappa shape index (κ2) is 6.28. The molecule has 0 bridgehead atoms. The predicted octanol–water partition coefficient (Wildman–Crippen LogP) is 2.43. The minimum atomic E-state index is -3.45. The van der Waals surface area contributed by atoms with Gasteiger partial charge in [0.05, 0.1) is 11.3 Å². The summed E-state index contributed by atoms with van der Waals surface area (Å²) in [5.74, 6) is 0.116. The lowest BCUT2D eigenvalue weighted by Crippen LogP contribution is -2.47. The molecule has 1 saturated heterocycles. The molecule has 0 radical (unpaired) electrons. The number of hydrogen-bond donors (Lipinski definition) is 0. The van der Waals surface area contributed by atoms with Crippen molar-refractivity contribution in [3.8, 4) is 0 Å². The van der Waals surface area contributed by atoms with Gasteiger partial charge in [-0.1, -0.05) is 36.4 Å². The summed E-state index contributed by atoms with van der Waals surface area (Å²) in [4.78, 5) is 14.6. The molecule has 2 heterocycles. The summed E-state index contributed by atoms with van der Waals surface area (Å²) in [7, 11) is -3.45. The van der Waals surface area contributed by atoms with E-state index in [0.29, 0.717) is 37.2 Å². The fraction of sp³-hybridized carbons (Fsp3) is 0.316. The van der Waals surface area contributed by atoms with E-state index in [0.717, 1.165) is 11.3 Å². The van der Waals surface area contributed by atoms with Crippen molar-refractivity contribution in [3.05, 3.63) is 60.2 Å². The van der Waals surface area contributed by atoms with Crippen LogP contribution in [-0.2, 0) is 21.2 Å². The highest BCUT2D eigenvalue weighted by Gasteiger charge is 2.37. The Morgan fingerprint density at radius 2 is 1.52 bits per heavy atom. The van der Waals surface area contributed by atoms with Gasteiger partial charge in [0, 0.05) is 24.8 Å². The second-order valence-electron chi connectivity index (χ2n) is 6.52. The van der Waals surface area contributed by atoms with Crippen LogP contribution in [0.3, 0.4) is 0 Å². The standard InChI is InChI=1S/C19H20N2O3S/c22-19-14-15-6-4-5-9-18(15)21(19)16-10-12-20(13-11-16)25(23,24)17-7-2-1-3-8-17/h1-9,16H,10-14H2. The third-order valence-corrected chi connectivity index (χ3v) is 6.94. The van der Waals surface area contributed by atoms with Crippen LogP contribution < -0.4 is 4.90 Å². The van der Waals surface area contributed by atoms with Crippen molar-refractivity contribution in [2.75, 3.05) is 18.0 Å². The lowest BCUT2D eigenvalue weighted by Gasteiger charge is -2.36. The van der Waals surface area contributed by atoms with Gasteiger partial charge in [-0.3, -0.25) is 4.79 Å². The quantitative estimate of drug-likeness (QED) is 0.849. The van der Waals surface area contributed by atoms with Gasteiger partial charge < -0.3 is 4.90 Å². The van der Waals surface area contributed by atoms with Crippen molar-refractivity contribution in [2.24, 2.45) is 0 Å². The average molecular weight is 356 g/mol. The fourth-order valence-corrected chi connectivity index (χ4v) is 5.25. The lowest BCUT2D eigenvalue weighted by molar-refractivity contribution is -0.117. The molecule has 0 atom stereocenters. The van der Waals surface area contributed by atoms with Crippen LogP contribution in [0, 0.1) is 0 Å². The van der Waals surface area contributed by atoms with Crippen molar-refractivity contribution in [2.45, 2.75) is 30.2 Å². The van der Waals surface area contributed by atoms with E-state index in [1.54, 1.807) is 24.3 Å². The van der Waals surface area contributed by atoms with Crippen molar-refractivity contribution >= 4 is 21.6 Å². The number of nitrogens with zero attached hydrogens (tertiary/aromatic N) is 2. The molecule has 1 fully saturated rings. The lowest BCUT2D eigenvalue weighted by atomic mass is 10.0. The number of fused-ring (bicyclic) bond motifs is 1. The summed E-state index contributed by atoms with van der Waals surface area (Å²) in [5, 5.41) is 0. The number of piperidine rings is 1. The molecule has 5 nitrogen and oxygen atoms in total. The Bertz CT molecular complexity index is 888. The first-order valence-electron chi connectivity index (χ1n) is 8.52. The fourth-order valence-electron chi connectivity index (χ4n) is 3.76. The maximum absolute atomic E-state index is 12.7. The Hall–Kier alpha value is -2.18. The number of hydrogen-bond acceptors (Lipinski definition) is 3. The van der Waals surface area contributed by atoms with Gasteiger partial charge in [-0.25, -0.2) is 8.42 Å². The van der Waals surface area contributed by atoms with Crippen LogP contribution in [0.1, 0.15) is 18.4 Å². The van der Waals surface area contributed by atoms with Crippen LogP contribution in [0.25, 0.3) is 0 Å². The third kappa shape index (κ3) is 2.85. The van der Waals surface area contributed by atoms with Gasteiger partial charge in [0.2, 0.25) is 15.9 Å². The highest BCUT2D eigenvalue weighted by Crippen LogP contribution is 2.34. The van der Waals surface area contributed by atoms with E-state index in [1.807, 2.05) is 35.2 Å². The molecule has 0 spiro atoms. The Morgan fingerprint density at radius 1 is 0.880 bits per heavy atom. The molecular formula is C19H20N2O3S. The first-order valence-corrected chi connectivity index (χ1v) is 9.96. The maximum Gasteiger partial charge on any atom is 0.243 e. The van der Waals surface area contributed by atoms with Crippen molar-refractivity contribution in [3.63, 3.8) is 0 Å². The molecule has 6 heteroatoms. The molecule has 0 saturated carbocycles. The van der Waals surface area contributed by atoms with Crippen LogP contribution in [0.4, 0.5) is 5.69 Å². The van der Waals surface area contributed by atoms with E-state index in [-0.39, 0.29) is 11.9 Å². The summed E-state index contributed by atoms with van der Waals surface area (Å²) in [6.07, 6.45) is 1.76. The molecule has 2 aliphatic rings. The molecule has 2 aromatic carbocycles. The molecule has 0 N–H and O–H groups in total. The number of benzene rings is 2. The summed E-state index contributed by atoms with van der Waals surface area (Å²) in [5.41, 5.74) is 2.05. The molecule has 0 unspecified atom stereocenters. The SMILES string of the molecule is O=C1Cc2ccccc2N1C1CCN(S(=O)(=O)c2ccccc2)CC1. The molecule has 2 aliphatic heterocycles. The molecule has 130 valence electrons. The van der Waals surface area contributed by atoms with Gasteiger partial charge in [-0.05, 0) is 36.6 Å². The summed E-state index contributed by atoms with van der Waals surface area (Å²) in [6.45, 7) is 0.877. The Labute approximate surface area is 147 Å². The molecule has 0 aliphatic carbocycles. The Morgan fingerprint density at radius 3 is 2.24 bits per heavy atom. The maximum atomic E-state index is 12.7. The normalized spacial score (nSPS) is 19.2. The Kier molecular flexibility index (Phi) is 4.09. The van der Waals surface area contributed by atoms with Gasteiger partial charge in [0.1, 0.15) is 0 Å². The number of rotatable bonds is 3. The van der Waals surface area contributed by atoms with Crippen LogP contribution >= 0.6 is 0 Å². The number of sulfonamides is 1. The van der Waals surface area contributed by atoms with Gasteiger partial charge >= 0.3 is 0 Å². The van der Waals surface area contributed by atoms with E-state index in [9.17, 15) is 13.2 Å². The largest absolute Gasteiger partial charge is 0.309 e. The molecule has 2 aromatic rings. The number of amides is 1. The average Bonchev–Trinajstić information content (AvgIpc) is 2.98. The smallest absolute Gasteiger partial charge is 0.243 e. The molecule has 1 amide bonds. The summed E-state index contributed by atoms with van der Waals surface area (Å²) >= 11 is 0. The van der Waals surface area contributed by atoms with E-state index in [2.05, 4.69) is 0 Å². The monoisotopic (exact) mass is 356 g/mol. The van der Waals surface area contributed by atoms with Crippen molar-refractivity contribution in [1.82, 2.24) is 4.31 Å². The first-order chi connectivity index (χ1) is 12.1. The molecule has 0 aromatic heterocycles. The predicted molar refractivity (Wildman–Crippen MR) is 95.9 cm³/mol. The second-order valence-corrected chi connectivity index (χ2v) is 8.46. The molecule has 4 rings (SSSR count). The van der Waals surface area contributed by atoms with Gasteiger partial charge in [0.25, 0.3) is 0 Å². The van der Waals surface area contributed by atoms with Gasteiger partial charge in [-0.2, -0.15) is 4.31 Å². The van der Waals surface area contributed by atoms with E-state index in [1.165, 1.54) is 4.31 Å². The summed E-state index contributed by atoms with van der Waals surface area (Å²) < 4.78 is 27.0. The molecule has 25 heavy (non-hydrogen) atoms. The van der Waals surface area contributed by atoms with Crippen molar-refractivity contribution < 1.29 is 13.2 Å². The minimum absolute atomic E-state index is 0.0679. The topological polar surface area (TPSA) is 57.7 Å². The number of anilines is 1. The zero-order valence-corrected chi connectivity index (χ0v) is 14.7. The minimum Gasteiger partial charge on any atom is -0.309 e. The van der Waals surface area contributed by atoms with Crippen LogP contribution in [-0.4, -0.2) is 37.8 Å². The van der Waals surface area contributed by atoms with Crippen LogP contribution in [0.2, 0.25) is 0 Å². The van der Waals surface area contributed by atoms with Crippen LogP contribution in [0.15, 0.2) is 59.5 Å². The number of carbonyl (C=O) groups excluding carboxylic acids is 1. The first kappa shape index (κ1) is 16.3. The number of para-hydroxylation sites is 1. The van der Waals surface area contributed by atoms with E-state index < -0.39 is 10.0 Å². The Balaban J connectivity index is 1.50. The third-order valence-electron chi connectivity index (χ3n) is 5.03. The van der Waals surface area contributed by atoms with Crippen molar-refractivity contribution in [1.29, 1.82) is 0 Å². The van der Waals surface area contributed by atoms with E-state index in [4.69, 9.17) is 0 Å².